The summed E-state index contributed by atoms with van der Waals surface area (Å²) in [5.41, 5.74) is -0.889. The number of rotatable bonds is 3. The summed E-state index contributed by atoms with van der Waals surface area (Å²) >= 11 is 2.79. The highest BCUT2D eigenvalue weighted by Gasteiger charge is 2.33. The molecule has 1 rings (SSSR count). The van der Waals surface area contributed by atoms with Crippen molar-refractivity contribution in [1.82, 2.24) is 0 Å². The molecule has 0 aliphatic carbocycles. The molecule has 0 aromatic heterocycles. The summed E-state index contributed by atoms with van der Waals surface area (Å²) in [6, 6.07) is 3.31. The van der Waals surface area contributed by atoms with Crippen molar-refractivity contribution in [2.45, 2.75) is 19.5 Å². The van der Waals surface area contributed by atoms with E-state index in [0.29, 0.717) is 0 Å². The first-order valence-corrected chi connectivity index (χ1v) is 5.65. The predicted molar refractivity (Wildman–Crippen MR) is 63.1 cm³/mol. The summed E-state index contributed by atoms with van der Waals surface area (Å²) in [4.78, 5) is 21.9. The topological polar surface area (TPSA) is 46.2 Å². The zero-order valence-corrected chi connectivity index (χ0v) is 10.9. The average molecular weight is 324 g/mol. The van der Waals surface area contributed by atoms with Crippen LogP contribution in [-0.4, -0.2) is 11.7 Å². The van der Waals surface area contributed by atoms with Gasteiger partial charge >= 0.3 is 6.18 Å². The summed E-state index contributed by atoms with van der Waals surface area (Å²) in [6.07, 6.45) is -4.88. The Morgan fingerprint density at radius 3 is 2.44 bits per heavy atom. The highest BCUT2D eigenvalue weighted by Crippen LogP contribution is 2.36. The van der Waals surface area contributed by atoms with Crippen LogP contribution < -0.4 is 5.32 Å². The number of amides is 1. The number of alkyl halides is 3. The number of carbonyl (C=O) groups is 2. The van der Waals surface area contributed by atoms with Gasteiger partial charge in [-0.1, -0.05) is 15.9 Å². The molecule has 98 valence electrons. The van der Waals surface area contributed by atoms with Gasteiger partial charge in [0.2, 0.25) is 5.91 Å². The fourth-order valence-electron chi connectivity index (χ4n) is 1.25. The summed E-state index contributed by atoms with van der Waals surface area (Å²) in [6.45, 7) is 1.22. The lowest BCUT2D eigenvalue weighted by Gasteiger charge is -2.11. The molecule has 7 heteroatoms. The highest BCUT2D eigenvalue weighted by atomic mass is 79.9. The van der Waals surface area contributed by atoms with E-state index in [1.165, 1.54) is 19.1 Å². The Morgan fingerprint density at radius 2 is 1.94 bits per heavy atom. The van der Waals surface area contributed by atoms with Crippen LogP contribution >= 0.6 is 15.9 Å². The maximum atomic E-state index is 12.6. The van der Waals surface area contributed by atoms with Crippen LogP contribution in [0.2, 0.25) is 0 Å². The number of carbonyl (C=O) groups excluding carboxylic acids is 2. The summed E-state index contributed by atoms with van der Waals surface area (Å²) in [7, 11) is 0. The van der Waals surface area contributed by atoms with E-state index in [2.05, 4.69) is 21.2 Å². The molecule has 0 aliphatic rings. The lowest BCUT2D eigenvalue weighted by Crippen LogP contribution is -2.15. The molecule has 0 saturated heterocycles. The minimum Gasteiger partial charge on any atom is -0.326 e. The molecule has 1 amide bonds. The number of anilines is 1. The minimum atomic E-state index is -4.51. The number of hydrogen-bond acceptors (Lipinski definition) is 2. The van der Waals surface area contributed by atoms with E-state index in [1.807, 2.05) is 0 Å². The van der Waals surface area contributed by atoms with Gasteiger partial charge in [-0.3, -0.25) is 9.59 Å². The molecule has 1 aromatic rings. The van der Waals surface area contributed by atoms with Crippen LogP contribution in [0.3, 0.4) is 0 Å². The predicted octanol–water partition coefficient (Wildman–Crippen LogP) is 3.39. The van der Waals surface area contributed by atoms with Crippen molar-refractivity contribution in [2.24, 2.45) is 0 Å². The van der Waals surface area contributed by atoms with Crippen molar-refractivity contribution >= 4 is 33.3 Å². The molecule has 0 unspecified atom stereocenters. The van der Waals surface area contributed by atoms with Crippen molar-refractivity contribution in [3.63, 3.8) is 0 Å². The summed E-state index contributed by atoms with van der Waals surface area (Å²) in [5, 5.41) is 2.23. The van der Waals surface area contributed by atoms with E-state index < -0.39 is 17.6 Å². The molecule has 0 radical (unpaired) electrons. The van der Waals surface area contributed by atoms with Crippen molar-refractivity contribution in [2.75, 3.05) is 5.32 Å². The zero-order chi connectivity index (χ0) is 13.9. The average Bonchev–Trinajstić information content (AvgIpc) is 2.17. The molecule has 0 bridgehead atoms. The van der Waals surface area contributed by atoms with Gasteiger partial charge in [0.25, 0.3) is 0 Å². The van der Waals surface area contributed by atoms with Crippen LogP contribution in [0, 0.1) is 0 Å². The Balaban J connectivity index is 2.92. The third kappa shape index (κ3) is 4.14. The highest BCUT2D eigenvalue weighted by molar-refractivity contribution is 9.10. The molecule has 0 saturated carbocycles. The van der Waals surface area contributed by atoms with Crippen LogP contribution in [0.5, 0.6) is 0 Å². The molecular formula is C11H9BrF3NO2. The normalized spacial score (nSPS) is 11.2. The molecular weight excluding hydrogens is 315 g/mol. The number of Topliss-reactive ketones (excluding diaryl/α,β-unsaturated/α-hetero) is 1. The molecule has 0 atom stereocenters. The molecule has 1 N–H and O–H groups in total. The van der Waals surface area contributed by atoms with E-state index in [-0.39, 0.29) is 22.4 Å². The van der Waals surface area contributed by atoms with Gasteiger partial charge in [-0.15, -0.1) is 0 Å². The monoisotopic (exact) mass is 323 g/mol. The third-order valence-electron chi connectivity index (χ3n) is 1.97. The van der Waals surface area contributed by atoms with Gasteiger partial charge in [-0.05, 0) is 25.1 Å². The molecule has 0 heterocycles. The Labute approximate surface area is 109 Å². The Morgan fingerprint density at radius 1 is 1.33 bits per heavy atom. The first-order chi connectivity index (χ1) is 8.20. The first kappa shape index (κ1) is 14.7. The number of hydrogen-bond donors (Lipinski definition) is 1. The van der Waals surface area contributed by atoms with Crippen LogP contribution in [-0.2, 0) is 15.8 Å². The summed E-state index contributed by atoms with van der Waals surface area (Å²) in [5.74, 6) is -1.00. The molecule has 3 nitrogen and oxygen atoms in total. The molecule has 0 spiro atoms. The maximum absolute atomic E-state index is 12.6. The first-order valence-electron chi connectivity index (χ1n) is 4.86. The van der Waals surface area contributed by atoms with Gasteiger partial charge in [0.05, 0.1) is 12.0 Å². The SMILES string of the molecule is CC(=O)CC(=O)Nc1ccc(Br)c(C(F)(F)F)c1. The lowest BCUT2D eigenvalue weighted by atomic mass is 10.2. The van der Waals surface area contributed by atoms with E-state index in [9.17, 15) is 22.8 Å². The second kappa shape index (κ2) is 5.51. The minimum absolute atomic E-state index is 0.00299. The van der Waals surface area contributed by atoms with E-state index >= 15 is 0 Å². The lowest BCUT2D eigenvalue weighted by molar-refractivity contribution is -0.138. The van der Waals surface area contributed by atoms with Gasteiger partial charge in [0, 0.05) is 10.2 Å². The van der Waals surface area contributed by atoms with Gasteiger partial charge in [-0.2, -0.15) is 13.2 Å². The zero-order valence-electron chi connectivity index (χ0n) is 9.27. The molecule has 18 heavy (non-hydrogen) atoms. The second-order valence-corrected chi connectivity index (χ2v) is 4.47. The largest absolute Gasteiger partial charge is 0.417 e. The van der Waals surface area contributed by atoms with Crippen molar-refractivity contribution < 1.29 is 22.8 Å². The second-order valence-electron chi connectivity index (χ2n) is 3.62. The number of nitrogens with one attached hydrogen (secondary N) is 1. The number of ketones is 1. The van der Waals surface area contributed by atoms with Crippen molar-refractivity contribution in [3.05, 3.63) is 28.2 Å². The van der Waals surface area contributed by atoms with E-state index in [4.69, 9.17) is 0 Å². The van der Waals surface area contributed by atoms with Gasteiger partial charge in [-0.25, -0.2) is 0 Å². The molecule has 0 aliphatic heterocycles. The number of halogens is 4. The maximum Gasteiger partial charge on any atom is 0.417 e. The van der Waals surface area contributed by atoms with Gasteiger partial charge in [0.1, 0.15) is 5.78 Å². The fraction of sp³-hybridized carbons (Fsp3) is 0.273. The van der Waals surface area contributed by atoms with Gasteiger partial charge in [0.15, 0.2) is 0 Å². The number of benzene rings is 1. The Kier molecular flexibility index (Phi) is 4.50. The van der Waals surface area contributed by atoms with Crippen molar-refractivity contribution in [3.8, 4) is 0 Å². The fourth-order valence-corrected chi connectivity index (χ4v) is 1.72. The summed E-state index contributed by atoms with van der Waals surface area (Å²) < 4.78 is 37.6. The van der Waals surface area contributed by atoms with Crippen molar-refractivity contribution in [1.29, 1.82) is 0 Å². The smallest absolute Gasteiger partial charge is 0.326 e. The van der Waals surface area contributed by atoms with Crippen LogP contribution in [0.1, 0.15) is 18.9 Å². The third-order valence-corrected chi connectivity index (χ3v) is 2.66. The Bertz CT molecular complexity index is 486. The van der Waals surface area contributed by atoms with Crippen LogP contribution in [0.4, 0.5) is 18.9 Å². The molecule has 0 fully saturated rings. The van der Waals surface area contributed by atoms with E-state index in [1.54, 1.807) is 0 Å². The van der Waals surface area contributed by atoms with Crippen LogP contribution in [0.15, 0.2) is 22.7 Å². The van der Waals surface area contributed by atoms with Crippen LogP contribution in [0.25, 0.3) is 0 Å². The quantitative estimate of drug-likeness (QED) is 0.867. The standard InChI is InChI=1S/C11H9BrF3NO2/c1-6(17)4-10(18)16-7-2-3-9(12)8(5-7)11(13,14)15/h2-3,5H,4H2,1H3,(H,16,18). The van der Waals surface area contributed by atoms with E-state index in [0.717, 1.165) is 6.07 Å². The molecule has 1 aromatic carbocycles. The Hall–Kier alpha value is -1.37. The van der Waals surface area contributed by atoms with Gasteiger partial charge < -0.3 is 5.32 Å².